The number of esters is 1. The van der Waals surface area contributed by atoms with Crippen LogP contribution in [0.2, 0.25) is 0 Å². The summed E-state index contributed by atoms with van der Waals surface area (Å²) in [5.41, 5.74) is 0. The van der Waals surface area contributed by atoms with Gasteiger partial charge in [-0.3, -0.25) is 0 Å². The van der Waals surface area contributed by atoms with Gasteiger partial charge in [0.15, 0.2) is 6.61 Å². The van der Waals surface area contributed by atoms with Gasteiger partial charge in [-0.2, -0.15) is 0 Å². The molecule has 0 aromatic rings. The Labute approximate surface area is 63.1 Å². The Morgan fingerprint density at radius 2 is 2.30 bits per heavy atom. The normalized spacial score (nSPS) is 8.50. The van der Waals surface area contributed by atoms with E-state index in [1.807, 2.05) is 0 Å². The number of alkyl halides is 1. The van der Waals surface area contributed by atoms with Crippen molar-refractivity contribution in [1.82, 2.24) is 0 Å². The van der Waals surface area contributed by atoms with Gasteiger partial charge >= 0.3 is 12.4 Å². The maximum atomic E-state index is 10.4. The SMILES string of the molecule is O=[C]OCC(=O)OCCCl. The molecule has 0 atom stereocenters. The highest BCUT2D eigenvalue weighted by Gasteiger charge is 2.00. The molecule has 0 spiro atoms. The van der Waals surface area contributed by atoms with E-state index in [4.69, 9.17) is 11.6 Å². The minimum absolute atomic E-state index is 0.128. The summed E-state index contributed by atoms with van der Waals surface area (Å²) < 4.78 is 8.39. The first-order valence-corrected chi connectivity index (χ1v) is 3.05. The Kier molecular flexibility index (Phi) is 5.86. The third-order valence-electron chi connectivity index (χ3n) is 0.589. The summed E-state index contributed by atoms with van der Waals surface area (Å²) in [6.07, 6.45) is 0. The maximum Gasteiger partial charge on any atom is 0.418 e. The fraction of sp³-hybridized carbons (Fsp3) is 0.600. The molecule has 5 heteroatoms. The number of carbonyl (C=O) groups excluding carboxylic acids is 2. The van der Waals surface area contributed by atoms with Crippen molar-refractivity contribution >= 4 is 24.0 Å². The average molecular weight is 166 g/mol. The van der Waals surface area contributed by atoms with Crippen molar-refractivity contribution in [2.24, 2.45) is 0 Å². The molecule has 0 aliphatic carbocycles. The number of ether oxygens (including phenoxy) is 2. The summed E-state index contributed by atoms with van der Waals surface area (Å²) in [5.74, 6) is -0.389. The topological polar surface area (TPSA) is 52.6 Å². The van der Waals surface area contributed by atoms with Crippen LogP contribution >= 0.6 is 11.6 Å². The molecular weight excluding hydrogens is 160 g/mol. The predicted octanol–water partition coefficient (Wildman–Crippen LogP) is -0.148. The van der Waals surface area contributed by atoms with E-state index >= 15 is 0 Å². The first-order chi connectivity index (χ1) is 4.81. The van der Waals surface area contributed by atoms with Gasteiger partial charge in [-0.15, -0.1) is 11.6 Å². The molecule has 0 aromatic carbocycles. The minimum atomic E-state index is -0.621. The van der Waals surface area contributed by atoms with Gasteiger partial charge in [-0.1, -0.05) is 0 Å². The average Bonchev–Trinajstić information content (AvgIpc) is 1.97. The van der Waals surface area contributed by atoms with Crippen LogP contribution < -0.4 is 0 Å². The Balaban J connectivity index is 3.16. The van der Waals surface area contributed by atoms with Crippen molar-refractivity contribution in [3.8, 4) is 0 Å². The van der Waals surface area contributed by atoms with E-state index in [1.54, 1.807) is 0 Å². The number of rotatable bonds is 5. The number of carbonyl (C=O) groups is 1. The van der Waals surface area contributed by atoms with Crippen LogP contribution in [-0.4, -0.2) is 31.5 Å². The van der Waals surface area contributed by atoms with Crippen LogP contribution in [0.1, 0.15) is 0 Å². The van der Waals surface area contributed by atoms with Gasteiger partial charge < -0.3 is 9.47 Å². The lowest BCUT2D eigenvalue weighted by atomic mass is 10.7. The van der Waals surface area contributed by atoms with E-state index in [-0.39, 0.29) is 12.5 Å². The summed E-state index contributed by atoms with van der Waals surface area (Å²) in [5, 5.41) is 0. The van der Waals surface area contributed by atoms with E-state index in [0.29, 0.717) is 0 Å². The number of hydrogen-bond donors (Lipinski definition) is 0. The molecule has 0 bridgehead atoms. The standard InChI is InChI=1S/C5H6ClO4/c6-1-2-10-5(8)3-9-4-7/h1-3H2. The summed E-state index contributed by atoms with van der Waals surface area (Å²) in [4.78, 5) is 19.8. The molecule has 0 N–H and O–H groups in total. The molecule has 0 aliphatic rings. The quantitative estimate of drug-likeness (QED) is 0.420. The van der Waals surface area contributed by atoms with E-state index in [0.717, 1.165) is 6.47 Å². The molecule has 0 fully saturated rings. The van der Waals surface area contributed by atoms with Crippen molar-refractivity contribution in [3.63, 3.8) is 0 Å². The molecule has 0 aliphatic heterocycles. The zero-order chi connectivity index (χ0) is 7.82. The van der Waals surface area contributed by atoms with Crippen molar-refractivity contribution < 1.29 is 19.1 Å². The lowest BCUT2D eigenvalue weighted by Gasteiger charge is -1.98. The van der Waals surface area contributed by atoms with Crippen LogP contribution in [-0.2, 0) is 19.1 Å². The third kappa shape index (κ3) is 5.37. The van der Waals surface area contributed by atoms with Gasteiger partial charge in [0.05, 0.1) is 5.88 Å². The molecule has 0 aromatic heterocycles. The van der Waals surface area contributed by atoms with E-state index in [2.05, 4.69) is 9.47 Å². The molecule has 10 heavy (non-hydrogen) atoms. The van der Waals surface area contributed by atoms with Crippen LogP contribution in [0.4, 0.5) is 0 Å². The third-order valence-corrected chi connectivity index (χ3v) is 0.743. The Morgan fingerprint density at radius 3 is 2.80 bits per heavy atom. The first-order valence-electron chi connectivity index (χ1n) is 2.51. The zero-order valence-corrected chi connectivity index (χ0v) is 5.89. The fourth-order valence-corrected chi connectivity index (χ4v) is 0.360. The van der Waals surface area contributed by atoms with Gasteiger partial charge in [0.1, 0.15) is 6.61 Å². The van der Waals surface area contributed by atoms with E-state index in [1.165, 1.54) is 0 Å². The van der Waals surface area contributed by atoms with Crippen molar-refractivity contribution in [1.29, 1.82) is 0 Å². The highest BCUT2D eigenvalue weighted by Crippen LogP contribution is 1.81. The molecular formula is C5H6ClO4. The minimum Gasteiger partial charge on any atom is -0.462 e. The van der Waals surface area contributed by atoms with Gasteiger partial charge in [-0.25, -0.2) is 9.59 Å². The molecule has 1 radical (unpaired) electrons. The molecule has 4 nitrogen and oxygen atoms in total. The van der Waals surface area contributed by atoms with Gasteiger partial charge in [-0.05, 0) is 0 Å². The molecule has 0 saturated heterocycles. The second kappa shape index (κ2) is 6.35. The van der Waals surface area contributed by atoms with Crippen LogP contribution in [0.15, 0.2) is 0 Å². The monoisotopic (exact) mass is 165 g/mol. The van der Waals surface area contributed by atoms with Crippen LogP contribution in [0, 0.1) is 0 Å². The zero-order valence-electron chi connectivity index (χ0n) is 5.13. The Hall–Kier alpha value is -0.770. The number of halogens is 1. The van der Waals surface area contributed by atoms with Crippen molar-refractivity contribution in [2.75, 3.05) is 19.1 Å². The summed E-state index contributed by atoms with van der Waals surface area (Å²) >= 11 is 5.18. The predicted molar refractivity (Wildman–Crippen MR) is 33.3 cm³/mol. The maximum absolute atomic E-state index is 10.4. The van der Waals surface area contributed by atoms with E-state index in [9.17, 15) is 9.59 Å². The van der Waals surface area contributed by atoms with E-state index < -0.39 is 12.6 Å². The highest BCUT2D eigenvalue weighted by molar-refractivity contribution is 6.18. The van der Waals surface area contributed by atoms with Gasteiger partial charge in [0.2, 0.25) is 0 Å². The highest BCUT2D eigenvalue weighted by atomic mass is 35.5. The Morgan fingerprint density at radius 1 is 1.60 bits per heavy atom. The van der Waals surface area contributed by atoms with Gasteiger partial charge in [0.25, 0.3) is 0 Å². The summed E-state index contributed by atoms with van der Waals surface area (Å²) in [7, 11) is 0. The van der Waals surface area contributed by atoms with Crippen molar-refractivity contribution in [3.05, 3.63) is 0 Å². The molecule has 57 valence electrons. The molecule has 0 unspecified atom stereocenters. The first kappa shape index (κ1) is 9.23. The smallest absolute Gasteiger partial charge is 0.418 e. The van der Waals surface area contributed by atoms with Crippen LogP contribution in [0.5, 0.6) is 0 Å². The number of hydrogen-bond acceptors (Lipinski definition) is 4. The van der Waals surface area contributed by atoms with Crippen LogP contribution in [0.25, 0.3) is 0 Å². The molecule has 0 rings (SSSR count). The molecule has 0 saturated carbocycles. The summed E-state index contributed by atoms with van der Waals surface area (Å²) in [6, 6.07) is 0. The lowest BCUT2D eigenvalue weighted by Crippen LogP contribution is -2.13. The Bertz CT molecular complexity index is 114. The van der Waals surface area contributed by atoms with Crippen molar-refractivity contribution in [2.45, 2.75) is 0 Å². The lowest BCUT2D eigenvalue weighted by molar-refractivity contribution is -0.145. The second-order valence-electron chi connectivity index (χ2n) is 1.28. The molecule has 0 heterocycles. The van der Waals surface area contributed by atoms with Gasteiger partial charge in [0, 0.05) is 0 Å². The summed E-state index contributed by atoms with van der Waals surface area (Å²) in [6.45, 7) is 0.816. The largest absolute Gasteiger partial charge is 0.462 e. The molecule has 0 amide bonds. The van der Waals surface area contributed by atoms with Crippen LogP contribution in [0.3, 0.4) is 0 Å². The second-order valence-corrected chi connectivity index (χ2v) is 1.66. The fourth-order valence-electron chi connectivity index (χ4n) is 0.282.